The Labute approximate surface area is 100 Å². The average molecular weight is 248 g/mol. The molecule has 0 spiro atoms. The molecule has 0 aliphatic rings. The maximum Gasteiger partial charge on any atom is 0.0946 e. The molecule has 4 nitrogen and oxygen atoms in total. The Morgan fingerprint density at radius 3 is 3.19 bits per heavy atom. The summed E-state index contributed by atoms with van der Waals surface area (Å²) in [6, 6.07) is 6.18. The first kappa shape index (κ1) is 9.68. The van der Waals surface area contributed by atoms with Crippen LogP contribution in [-0.2, 0) is 6.54 Å². The van der Waals surface area contributed by atoms with Crippen molar-refractivity contribution in [3.8, 4) is 0 Å². The fourth-order valence-corrected chi connectivity index (χ4v) is 2.53. The molecule has 0 saturated heterocycles. The van der Waals surface area contributed by atoms with Gasteiger partial charge in [-0.1, -0.05) is 4.49 Å². The van der Waals surface area contributed by atoms with Gasteiger partial charge in [-0.15, -0.1) is 16.4 Å². The Hall–Kier alpha value is -1.53. The van der Waals surface area contributed by atoms with Crippen LogP contribution in [0.25, 0.3) is 10.2 Å². The number of anilines is 1. The van der Waals surface area contributed by atoms with Gasteiger partial charge in [0, 0.05) is 11.1 Å². The highest BCUT2D eigenvalue weighted by atomic mass is 32.1. The minimum Gasteiger partial charge on any atom is -0.379 e. The Morgan fingerprint density at radius 1 is 1.31 bits per heavy atom. The number of hydrogen-bond donors (Lipinski definition) is 1. The molecule has 0 fully saturated rings. The third-order valence-electron chi connectivity index (χ3n) is 2.21. The number of aromatic nitrogens is 3. The van der Waals surface area contributed by atoms with E-state index in [-0.39, 0.29) is 0 Å². The van der Waals surface area contributed by atoms with Crippen molar-refractivity contribution in [1.82, 2.24) is 14.6 Å². The van der Waals surface area contributed by atoms with Gasteiger partial charge in [-0.05, 0) is 29.7 Å². The molecule has 2 heterocycles. The van der Waals surface area contributed by atoms with Gasteiger partial charge < -0.3 is 5.32 Å². The lowest BCUT2D eigenvalue weighted by Gasteiger charge is -2.03. The number of nitrogens with zero attached hydrogens (tertiary/aromatic N) is 3. The summed E-state index contributed by atoms with van der Waals surface area (Å²) in [5.74, 6) is 0. The van der Waals surface area contributed by atoms with Crippen LogP contribution in [0.5, 0.6) is 0 Å². The summed E-state index contributed by atoms with van der Waals surface area (Å²) in [7, 11) is 0. The van der Waals surface area contributed by atoms with Crippen molar-refractivity contribution in [3.63, 3.8) is 0 Å². The average Bonchev–Trinajstić information content (AvgIpc) is 2.97. The normalized spacial score (nSPS) is 10.8. The molecule has 0 bridgehead atoms. The van der Waals surface area contributed by atoms with Crippen LogP contribution in [0.3, 0.4) is 0 Å². The Kier molecular flexibility index (Phi) is 2.51. The topological polar surface area (TPSA) is 50.7 Å². The molecule has 0 aliphatic heterocycles. The summed E-state index contributed by atoms with van der Waals surface area (Å²) in [6.07, 6.45) is 0. The first-order chi connectivity index (χ1) is 7.92. The van der Waals surface area contributed by atoms with Crippen molar-refractivity contribution < 1.29 is 0 Å². The molecule has 16 heavy (non-hydrogen) atoms. The minimum absolute atomic E-state index is 0.701. The van der Waals surface area contributed by atoms with Gasteiger partial charge in [-0.2, -0.15) is 0 Å². The monoisotopic (exact) mass is 248 g/mol. The van der Waals surface area contributed by atoms with E-state index in [9.17, 15) is 0 Å². The van der Waals surface area contributed by atoms with E-state index in [1.807, 2.05) is 17.0 Å². The molecule has 3 rings (SSSR count). The van der Waals surface area contributed by atoms with Crippen molar-refractivity contribution in [3.05, 3.63) is 34.8 Å². The Balaban J connectivity index is 1.78. The highest BCUT2D eigenvalue weighted by Gasteiger charge is 2.00. The van der Waals surface area contributed by atoms with Gasteiger partial charge in [0.15, 0.2) is 0 Å². The van der Waals surface area contributed by atoms with Crippen LogP contribution >= 0.6 is 22.9 Å². The Morgan fingerprint density at radius 2 is 2.31 bits per heavy atom. The van der Waals surface area contributed by atoms with E-state index in [0.717, 1.165) is 16.9 Å². The predicted molar refractivity (Wildman–Crippen MR) is 66.9 cm³/mol. The molecular formula is C10H8N4S2. The van der Waals surface area contributed by atoms with E-state index < -0.39 is 0 Å². The van der Waals surface area contributed by atoms with Crippen LogP contribution in [-0.4, -0.2) is 14.6 Å². The second-order valence-electron chi connectivity index (χ2n) is 3.28. The molecule has 1 aromatic carbocycles. The highest BCUT2D eigenvalue weighted by molar-refractivity contribution is 7.16. The number of rotatable bonds is 3. The largest absolute Gasteiger partial charge is 0.379 e. The van der Waals surface area contributed by atoms with E-state index in [2.05, 4.69) is 32.0 Å². The van der Waals surface area contributed by atoms with E-state index in [1.165, 1.54) is 16.2 Å². The summed E-state index contributed by atoms with van der Waals surface area (Å²) >= 11 is 3.02. The predicted octanol–water partition coefficient (Wildman–Crippen LogP) is 2.76. The van der Waals surface area contributed by atoms with Crippen molar-refractivity contribution in [1.29, 1.82) is 0 Å². The highest BCUT2D eigenvalue weighted by Crippen LogP contribution is 2.21. The minimum atomic E-state index is 0.701. The van der Waals surface area contributed by atoms with Crippen molar-refractivity contribution in [2.45, 2.75) is 6.54 Å². The van der Waals surface area contributed by atoms with Crippen LogP contribution in [0.15, 0.2) is 29.1 Å². The molecule has 0 unspecified atom stereocenters. The van der Waals surface area contributed by atoms with Crippen LogP contribution in [0.2, 0.25) is 0 Å². The third kappa shape index (κ3) is 1.89. The lowest BCUT2D eigenvalue weighted by molar-refractivity contribution is 0.999. The first-order valence-corrected chi connectivity index (χ1v) is 6.46. The SMILES string of the molecule is c1nc2cc(NCc3csnn3)ccc2s1. The molecule has 1 N–H and O–H groups in total. The van der Waals surface area contributed by atoms with Gasteiger partial charge in [-0.3, -0.25) is 0 Å². The number of benzene rings is 1. The second-order valence-corrected chi connectivity index (χ2v) is 4.78. The Bertz CT molecular complexity index is 588. The molecular weight excluding hydrogens is 240 g/mol. The van der Waals surface area contributed by atoms with Gasteiger partial charge in [0.25, 0.3) is 0 Å². The molecule has 0 atom stereocenters. The van der Waals surface area contributed by atoms with Crippen LogP contribution in [0.4, 0.5) is 5.69 Å². The molecule has 0 saturated carbocycles. The van der Waals surface area contributed by atoms with Crippen molar-refractivity contribution >= 4 is 38.8 Å². The quantitative estimate of drug-likeness (QED) is 0.774. The van der Waals surface area contributed by atoms with Crippen LogP contribution in [0.1, 0.15) is 5.69 Å². The molecule has 3 aromatic rings. The number of nitrogens with one attached hydrogen (secondary N) is 1. The van der Waals surface area contributed by atoms with E-state index in [4.69, 9.17) is 0 Å². The van der Waals surface area contributed by atoms with Gasteiger partial charge in [-0.25, -0.2) is 4.98 Å². The molecule has 6 heteroatoms. The van der Waals surface area contributed by atoms with Gasteiger partial charge in [0.1, 0.15) is 0 Å². The maximum absolute atomic E-state index is 4.28. The summed E-state index contributed by atoms with van der Waals surface area (Å²) < 4.78 is 5.03. The summed E-state index contributed by atoms with van der Waals surface area (Å²) in [5.41, 5.74) is 4.92. The summed E-state index contributed by atoms with van der Waals surface area (Å²) in [4.78, 5) is 4.28. The zero-order valence-electron chi connectivity index (χ0n) is 8.25. The second kappa shape index (κ2) is 4.15. The standard InChI is InChI=1S/C10H8N4S2/c1-2-10-9(12-6-15-10)3-7(1)11-4-8-5-16-14-13-8/h1-3,5-6,11H,4H2. The van der Waals surface area contributed by atoms with Crippen molar-refractivity contribution in [2.24, 2.45) is 0 Å². The maximum atomic E-state index is 4.28. The smallest absolute Gasteiger partial charge is 0.0946 e. The molecule has 0 radical (unpaired) electrons. The van der Waals surface area contributed by atoms with Crippen LogP contribution in [0, 0.1) is 0 Å². The van der Waals surface area contributed by atoms with Crippen molar-refractivity contribution in [2.75, 3.05) is 5.32 Å². The van der Waals surface area contributed by atoms with Gasteiger partial charge >= 0.3 is 0 Å². The van der Waals surface area contributed by atoms with E-state index in [1.54, 1.807) is 11.3 Å². The summed E-state index contributed by atoms with van der Waals surface area (Å²) in [5, 5.41) is 9.21. The first-order valence-electron chi connectivity index (χ1n) is 4.75. The fraction of sp³-hybridized carbons (Fsp3) is 0.100. The lowest BCUT2D eigenvalue weighted by Crippen LogP contribution is -1.99. The van der Waals surface area contributed by atoms with Crippen LogP contribution < -0.4 is 5.32 Å². The number of fused-ring (bicyclic) bond motifs is 1. The zero-order chi connectivity index (χ0) is 10.8. The van der Waals surface area contributed by atoms with Gasteiger partial charge in [0.05, 0.1) is 28.0 Å². The molecule has 0 aliphatic carbocycles. The third-order valence-corrected chi connectivity index (χ3v) is 3.57. The van der Waals surface area contributed by atoms with Gasteiger partial charge in [0.2, 0.25) is 0 Å². The fourth-order valence-electron chi connectivity index (χ4n) is 1.42. The zero-order valence-corrected chi connectivity index (χ0v) is 9.88. The molecule has 80 valence electrons. The summed E-state index contributed by atoms with van der Waals surface area (Å²) in [6.45, 7) is 0.701. The number of thiazole rings is 1. The molecule has 0 amide bonds. The van der Waals surface area contributed by atoms with E-state index >= 15 is 0 Å². The number of hydrogen-bond acceptors (Lipinski definition) is 6. The lowest BCUT2D eigenvalue weighted by atomic mass is 10.3. The van der Waals surface area contributed by atoms with E-state index in [0.29, 0.717) is 6.54 Å². The molecule has 2 aromatic heterocycles.